The number of aromatic amines is 6. The molecule has 2 unspecified atom stereocenters. The summed E-state index contributed by atoms with van der Waals surface area (Å²) in [6, 6.07) is 0. The van der Waals surface area contributed by atoms with E-state index < -0.39 is 172 Å². The van der Waals surface area contributed by atoms with Crippen molar-refractivity contribution in [1.29, 1.82) is 0 Å². The SMILES string of the molecule is C#CCn1c(=O)[nH]c2nc(NC(C)=O)[nH]c(=O)c21.C#CCn1c(=O)n([C@@H]2O[C@H]([C@@H](C)CC)C[C@H]2OC(C)=O)c2nc(NC(C)=O)[nH]c(=O)c21.C#CCn1c(=O)n([C@@H]2O[C@H]([C@@H](O)CC)C[C@H]2O)c2nc(N)[nH]c(=O)c21.C#CCn1c(=O)n([C@@H]2O[C@H]([C@H](C)CC)C[C@H]2OC(C)=O)c2nc(NC(C)=O)[nH]c(=O)c21.C#CCn1c(=O)n([C@@H]2O[C@H]([C@H](O)CC)C[C@H]2O)c2nc(N)[nH]c(=O)c21.CCC(C)[C@@H]1C[C@@H](OC(C)=O)C(OC(C)=O)O1. The standard InChI is InChI=1S/2C20H25N5O6.2C15H19N5O5.C12H20O5.C10H9N5O3/c2*1-6-8-24-15-16(22-19(21-11(4)26)23-17(15)28)25(20(24)29)18-14(30-12(5)27)9-13(31-18)10(3)7-2;2*1-3-5-19-10-11(17-14(16)18-12(10)23)20(15(19)24)13-8(22)6-9(25-13)7(21)4-2;1-5-7(2)10-6-11(15-8(3)13)12(17-10)16-9(4)14;1-3-4-15-6-7(13-10(15)18)12-9(11-5(2)16)14-8(6)17/h2*1,10,13-14,18H,7-9H2,2-5H3,(H2,21,22,23,26,28);2*1,7-9,13,21-22H,4-6H2,2H3,(H3,16,17,18,23);7,10-12H,5-6H2,1-4H3;1H,4H2,2H3,(H3,11,12,13,14,16,17,18)/t10-,13+,14-,18-;10-,13-,14+,18+;7-,8+,9-,13+;7-,8-,9+,13-;7?,10-,11+,12?;/m10010./s1. The first kappa shape index (κ1) is 113. The molecule has 5 saturated heterocycles. The fourth-order valence-electron chi connectivity index (χ4n) is 17.0. The van der Waals surface area contributed by atoms with E-state index in [2.05, 4.69) is 114 Å². The number of nitrogens with two attached hydrogens (primary N) is 2. The van der Waals surface area contributed by atoms with Crippen molar-refractivity contribution in [3.63, 3.8) is 0 Å². The number of H-pyrrole nitrogens is 6. The topological polar surface area (TPSA) is 746 Å². The van der Waals surface area contributed by atoms with Crippen LogP contribution in [0.4, 0.5) is 29.7 Å². The van der Waals surface area contributed by atoms with E-state index in [4.69, 9.17) is 86.2 Å². The van der Waals surface area contributed by atoms with Gasteiger partial charge in [0.25, 0.3) is 27.8 Å². The van der Waals surface area contributed by atoms with Gasteiger partial charge in [-0.05, 0) is 30.6 Å². The zero-order valence-electron chi connectivity index (χ0n) is 82.9. The molecule has 790 valence electrons. The van der Waals surface area contributed by atoms with Crippen LogP contribution in [0.3, 0.4) is 0 Å². The van der Waals surface area contributed by atoms with Gasteiger partial charge in [-0.15, -0.1) is 32.1 Å². The van der Waals surface area contributed by atoms with Crippen LogP contribution in [0.1, 0.15) is 193 Å². The van der Waals surface area contributed by atoms with E-state index in [1.165, 1.54) is 57.6 Å². The monoisotopic (exact) mass is 2050 g/mol. The van der Waals surface area contributed by atoms with Crippen LogP contribution in [-0.2, 0) is 109 Å². The Kier molecular flexibility index (Phi) is 37.8. The number of aliphatic hydroxyl groups is 4. The number of ether oxygens (including phenoxy) is 9. The quantitative estimate of drug-likeness (QED) is 0.0179. The molecule has 0 bridgehead atoms. The van der Waals surface area contributed by atoms with Crippen molar-refractivity contribution >= 4 is 127 Å². The Bertz CT molecular complexity index is 7140. The van der Waals surface area contributed by atoms with Gasteiger partial charge in [0.15, 0.2) is 86.8 Å². The Morgan fingerprint density at radius 2 is 0.653 bits per heavy atom. The highest BCUT2D eigenvalue weighted by Crippen LogP contribution is 2.40. The minimum atomic E-state index is -1.10. The van der Waals surface area contributed by atoms with Gasteiger partial charge < -0.3 is 74.5 Å². The van der Waals surface area contributed by atoms with Gasteiger partial charge in [-0.25, -0.2) is 42.2 Å². The van der Waals surface area contributed by atoms with E-state index in [1.807, 2.05) is 27.7 Å². The van der Waals surface area contributed by atoms with Crippen LogP contribution < -0.4 is 83.7 Å². The van der Waals surface area contributed by atoms with E-state index in [0.717, 1.165) is 51.2 Å². The predicted molar refractivity (Wildman–Crippen MR) is 524 cm³/mol. The summed E-state index contributed by atoms with van der Waals surface area (Å²) in [5, 5.41) is 47.7. The highest BCUT2D eigenvalue weighted by molar-refractivity contribution is 5.89. The van der Waals surface area contributed by atoms with Gasteiger partial charge in [0, 0.05) is 80.6 Å². The van der Waals surface area contributed by atoms with Gasteiger partial charge in [0.1, 0.15) is 24.4 Å². The summed E-state index contributed by atoms with van der Waals surface area (Å²) in [4.78, 5) is 239. The molecule has 55 nitrogen and oxygen atoms in total. The summed E-state index contributed by atoms with van der Waals surface area (Å²) in [7, 11) is 0. The van der Waals surface area contributed by atoms with E-state index in [0.29, 0.717) is 38.0 Å². The van der Waals surface area contributed by atoms with Gasteiger partial charge in [0.2, 0.25) is 53.8 Å². The molecular formula is C92H117N25O30. The number of esters is 4. The number of imidazole rings is 5. The van der Waals surface area contributed by atoms with Crippen LogP contribution in [0, 0.1) is 79.5 Å². The number of aromatic nitrogens is 20. The number of hydrogen-bond donors (Lipinski definition) is 15. The van der Waals surface area contributed by atoms with Crippen LogP contribution in [-0.4, -0.2) is 237 Å². The molecule has 10 aromatic heterocycles. The molecule has 10 aromatic rings. The number of rotatable bonds is 26. The zero-order chi connectivity index (χ0) is 109. The highest BCUT2D eigenvalue weighted by Gasteiger charge is 2.48. The maximum Gasteiger partial charge on any atom is 0.333 e. The van der Waals surface area contributed by atoms with Crippen molar-refractivity contribution in [2.45, 2.75) is 305 Å². The molecule has 0 saturated carbocycles. The van der Waals surface area contributed by atoms with Crippen molar-refractivity contribution in [1.82, 2.24) is 95.9 Å². The number of carbonyl (C=O) groups is 7. The molecule has 5 aliphatic heterocycles. The number of nitrogens with one attached hydrogen (secondary N) is 9. The molecule has 55 heteroatoms. The first-order valence-electron chi connectivity index (χ1n) is 46.5. The number of fused-ring (bicyclic) bond motifs is 5. The van der Waals surface area contributed by atoms with Crippen molar-refractivity contribution in [2.24, 2.45) is 17.8 Å². The van der Waals surface area contributed by atoms with Gasteiger partial charge in [-0.3, -0.25) is 126 Å². The second-order valence-electron chi connectivity index (χ2n) is 34.8. The second-order valence-corrected chi connectivity index (χ2v) is 34.8. The molecule has 0 spiro atoms. The average Bonchev–Trinajstić information content (AvgIpc) is 1.60. The minimum Gasteiger partial charge on any atom is -0.458 e. The lowest BCUT2D eigenvalue weighted by molar-refractivity contribution is -0.196. The van der Waals surface area contributed by atoms with Crippen LogP contribution >= 0.6 is 0 Å². The fourth-order valence-corrected chi connectivity index (χ4v) is 17.0. The number of aliphatic hydroxyl groups excluding tert-OH is 4. The first-order valence-corrected chi connectivity index (χ1v) is 46.5. The Labute approximate surface area is 832 Å². The normalized spacial score (nSPS) is 22.1. The smallest absolute Gasteiger partial charge is 0.333 e. The van der Waals surface area contributed by atoms with Gasteiger partial charge >= 0.3 is 52.3 Å². The lowest BCUT2D eigenvalue weighted by atomic mass is 9.99. The van der Waals surface area contributed by atoms with Crippen LogP contribution in [0.2, 0.25) is 0 Å². The highest BCUT2D eigenvalue weighted by atomic mass is 16.7. The Morgan fingerprint density at radius 1 is 0.374 bits per heavy atom. The number of nitrogens with zero attached hydrogens (tertiary/aromatic N) is 14. The van der Waals surface area contributed by atoms with Gasteiger partial charge in [-0.1, -0.05) is 104 Å². The molecule has 0 aromatic carbocycles. The van der Waals surface area contributed by atoms with Gasteiger partial charge in [-0.2, -0.15) is 24.9 Å². The van der Waals surface area contributed by atoms with Crippen molar-refractivity contribution in [2.75, 3.05) is 27.4 Å². The van der Waals surface area contributed by atoms with E-state index in [-0.39, 0.29) is 173 Å². The fraction of sp³-hybridized carbons (Fsp3) is 0.543. The maximum absolute atomic E-state index is 13.3. The van der Waals surface area contributed by atoms with Crippen LogP contribution in [0.15, 0.2) is 47.9 Å². The third-order valence-corrected chi connectivity index (χ3v) is 24.3. The van der Waals surface area contributed by atoms with Crippen molar-refractivity contribution in [3.8, 4) is 61.7 Å². The molecule has 3 amide bonds. The molecule has 15 heterocycles. The van der Waals surface area contributed by atoms with Crippen molar-refractivity contribution in [3.05, 3.63) is 104 Å². The summed E-state index contributed by atoms with van der Waals surface area (Å²) in [5.74, 6) is 8.40. The maximum atomic E-state index is 13.3. The Balaban J connectivity index is 0.000000183. The summed E-state index contributed by atoms with van der Waals surface area (Å²) < 4.78 is 60.2. The van der Waals surface area contributed by atoms with Gasteiger partial charge in [0.05, 0.1) is 75.5 Å². The Morgan fingerprint density at radius 3 is 0.966 bits per heavy atom. The number of carbonyl (C=O) groups excluding carboxylic acids is 7. The molecule has 5 fully saturated rings. The summed E-state index contributed by atoms with van der Waals surface area (Å²) in [5.41, 5.74) is 4.77. The number of nitrogen functional groups attached to an aromatic ring is 2. The number of terminal acetylenes is 5. The molecule has 147 heavy (non-hydrogen) atoms. The Hall–Kier alpha value is -15.9. The second kappa shape index (κ2) is 49.1. The third-order valence-electron chi connectivity index (χ3n) is 24.3. The van der Waals surface area contributed by atoms with E-state index in [1.54, 1.807) is 13.8 Å². The number of anilines is 5. The van der Waals surface area contributed by atoms with E-state index >= 15 is 0 Å². The number of amides is 3. The lowest BCUT2D eigenvalue weighted by Crippen LogP contribution is -2.33. The summed E-state index contributed by atoms with van der Waals surface area (Å²) >= 11 is 0. The first-order chi connectivity index (χ1) is 69.6. The largest absolute Gasteiger partial charge is 0.458 e. The van der Waals surface area contributed by atoms with Crippen LogP contribution in [0.5, 0.6) is 0 Å². The van der Waals surface area contributed by atoms with E-state index in [9.17, 15) is 102 Å². The van der Waals surface area contributed by atoms with Crippen LogP contribution in [0.25, 0.3) is 55.8 Å². The average molecular weight is 2050 g/mol. The predicted octanol–water partition coefficient (Wildman–Crippen LogP) is -0.825. The molecule has 20 atom stereocenters. The molecular weight excluding hydrogens is 1940 g/mol. The van der Waals surface area contributed by atoms with Crippen molar-refractivity contribution < 1.29 is 96.6 Å². The molecule has 5 aliphatic rings. The molecule has 0 radical (unpaired) electrons. The lowest BCUT2D eigenvalue weighted by Gasteiger charge is -2.20. The minimum absolute atomic E-state index is 0.0281. The summed E-state index contributed by atoms with van der Waals surface area (Å²) in [6.07, 6.45) is 19.0. The summed E-state index contributed by atoms with van der Waals surface area (Å²) in [6.45, 7) is 24.0. The zero-order valence-corrected chi connectivity index (χ0v) is 82.9. The third kappa shape index (κ3) is 25.5. The molecule has 0 aliphatic carbocycles. The molecule has 15 rings (SSSR count). The molecule has 17 N–H and O–H groups in total. The number of hydrogen-bond acceptors (Lipinski definition) is 37.